The molecule has 4 rings (SSSR count). The predicted octanol–water partition coefficient (Wildman–Crippen LogP) is 1.59. The van der Waals surface area contributed by atoms with Crippen molar-refractivity contribution in [2.45, 2.75) is 17.6 Å². The van der Waals surface area contributed by atoms with Crippen molar-refractivity contribution < 1.29 is 51.8 Å². The van der Waals surface area contributed by atoms with E-state index in [2.05, 4.69) is 20.3 Å². The second-order valence-electron chi connectivity index (χ2n) is 8.17. The molecule has 2 aliphatic rings. The van der Waals surface area contributed by atoms with E-state index in [4.69, 9.17) is 4.74 Å². The second kappa shape index (κ2) is 12.0. The topological polar surface area (TPSA) is 177 Å². The summed E-state index contributed by atoms with van der Waals surface area (Å²) in [4.78, 5) is 70.7. The Labute approximate surface area is 236 Å². The third-order valence-electron chi connectivity index (χ3n) is 5.55. The molecule has 18 heteroatoms. The maximum absolute atomic E-state index is 12.9. The average Bonchev–Trinajstić information content (AvgIpc) is 3.40. The molecule has 1 aromatic heterocycles. The van der Waals surface area contributed by atoms with E-state index in [-0.39, 0.29) is 34.9 Å². The Bertz CT molecular complexity index is 1460. The number of aliphatic carboxylic acids is 1. The Morgan fingerprint density at radius 3 is 2.56 bits per heavy atom. The van der Waals surface area contributed by atoms with Crippen LogP contribution in [0.25, 0.3) is 0 Å². The summed E-state index contributed by atoms with van der Waals surface area (Å²) in [6.07, 6.45) is -5.16. The van der Waals surface area contributed by atoms with E-state index < -0.39 is 58.1 Å². The number of hydrogen-bond acceptors (Lipinski definition) is 11. The van der Waals surface area contributed by atoms with Gasteiger partial charge in [0.2, 0.25) is 0 Å². The number of thiazole rings is 1. The third-order valence-corrected chi connectivity index (χ3v) is 7.64. The molecule has 1 aromatic carbocycles. The zero-order valence-electron chi connectivity index (χ0n) is 20.6. The number of hydrogen-bond donors (Lipinski definition) is 3. The van der Waals surface area contributed by atoms with Crippen LogP contribution in [0.1, 0.15) is 16.1 Å². The van der Waals surface area contributed by atoms with Crippen LogP contribution in [0, 0.1) is 0 Å². The molecule has 0 aliphatic carbocycles. The van der Waals surface area contributed by atoms with E-state index in [1.807, 2.05) is 0 Å². The molecule has 3 heterocycles. The summed E-state index contributed by atoms with van der Waals surface area (Å²) in [6, 6.07) is 6.84. The van der Waals surface area contributed by atoms with Crippen molar-refractivity contribution in [3.63, 3.8) is 0 Å². The molecular formula is C23H18F3N5O8S2. The SMILES string of the molecule is CON=C(C(=O)NC1C(=O)N2C(C(=O)O)=C(COC(=O)c3ccccc3)CS[C@H]12)c1csc(NC(=O)C(F)(F)F)n1. The van der Waals surface area contributed by atoms with Gasteiger partial charge in [-0.3, -0.25) is 24.6 Å². The number of rotatable bonds is 9. The first-order valence-electron chi connectivity index (χ1n) is 11.3. The summed E-state index contributed by atoms with van der Waals surface area (Å²) in [7, 11) is 1.09. The Kier molecular flexibility index (Phi) is 8.62. The predicted molar refractivity (Wildman–Crippen MR) is 137 cm³/mol. The second-order valence-corrected chi connectivity index (χ2v) is 10.1. The molecule has 0 spiro atoms. The molecule has 1 fully saturated rings. The fourth-order valence-corrected chi connectivity index (χ4v) is 5.74. The van der Waals surface area contributed by atoms with Crippen molar-refractivity contribution in [2.75, 3.05) is 24.8 Å². The molecule has 0 saturated carbocycles. The monoisotopic (exact) mass is 613 g/mol. The van der Waals surface area contributed by atoms with Gasteiger partial charge in [0.25, 0.3) is 11.8 Å². The van der Waals surface area contributed by atoms with Crippen LogP contribution in [0.2, 0.25) is 0 Å². The standard InChI is InChI=1S/C23H18F3N5O8S2/c1-38-30-13(12-9-41-22(27-12)29-21(37)23(24,25)26)16(32)28-14-17(33)31-15(19(34)35)11(8-40-18(14)31)7-39-20(36)10-5-3-2-4-6-10/h2-6,9,14,18H,7-8H2,1H3,(H,28,32)(H,34,35)(H,27,29,37)/t14?,18-/m1/s1. The van der Waals surface area contributed by atoms with Gasteiger partial charge in [0.1, 0.15) is 36.5 Å². The van der Waals surface area contributed by atoms with Crippen LogP contribution in [0.4, 0.5) is 18.3 Å². The number of thioether (sulfide) groups is 1. The van der Waals surface area contributed by atoms with Gasteiger partial charge in [0.15, 0.2) is 10.8 Å². The lowest BCUT2D eigenvalue weighted by molar-refractivity contribution is -0.167. The fourth-order valence-electron chi connectivity index (χ4n) is 3.72. The molecule has 2 atom stereocenters. The molecule has 1 saturated heterocycles. The van der Waals surface area contributed by atoms with Crippen LogP contribution in [0.3, 0.4) is 0 Å². The summed E-state index contributed by atoms with van der Waals surface area (Å²) in [6.45, 7) is -0.377. The van der Waals surface area contributed by atoms with Gasteiger partial charge in [-0.1, -0.05) is 23.4 Å². The number of β-lactam (4-membered cyclic amide) rings is 1. The third kappa shape index (κ3) is 6.32. The molecule has 13 nitrogen and oxygen atoms in total. The van der Waals surface area contributed by atoms with E-state index in [0.29, 0.717) is 11.3 Å². The number of alkyl halides is 3. The Morgan fingerprint density at radius 1 is 1.22 bits per heavy atom. The lowest BCUT2D eigenvalue weighted by Crippen LogP contribution is -2.71. The summed E-state index contributed by atoms with van der Waals surface area (Å²) in [5, 5.41) is 17.1. The zero-order valence-corrected chi connectivity index (χ0v) is 22.3. The van der Waals surface area contributed by atoms with Crippen molar-refractivity contribution in [3.8, 4) is 0 Å². The largest absolute Gasteiger partial charge is 0.477 e. The maximum atomic E-state index is 12.9. The van der Waals surface area contributed by atoms with Crippen LogP contribution in [0.5, 0.6) is 0 Å². The van der Waals surface area contributed by atoms with Crippen molar-refractivity contribution >= 4 is 63.6 Å². The lowest BCUT2D eigenvalue weighted by atomic mass is 10.0. The quantitative estimate of drug-likeness (QED) is 0.163. The van der Waals surface area contributed by atoms with Crippen molar-refractivity contribution in [1.29, 1.82) is 0 Å². The van der Waals surface area contributed by atoms with Crippen LogP contribution >= 0.6 is 23.1 Å². The molecule has 2 aromatic rings. The first-order valence-corrected chi connectivity index (χ1v) is 13.2. The number of fused-ring (bicyclic) bond motifs is 1. The van der Waals surface area contributed by atoms with Crippen LogP contribution in [0.15, 0.2) is 52.1 Å². The van der Waals surface area contributed by atoms with Gasteiger partial charge in [0, 0.05) is 16.7 Å². The molecule has 3 N–H and O–H groups in total. The summed E-state index contributed by atoms with van der Waals surface area (Å²) >= 11 is 1.70. The molecule has 0 bridgehead atoms. The van der Waals surface area contributed by atoms with Gasteiger partial charge in [-0.25, -0.2) is 14.6 Å². The number of aromatic nitrogens is 1. The molecule has 3 amide bonds. The number of carboxylic acids is 1. The van der Waals surface area contributed by atoms with E-state index in [0.717, 1.165) is 29.2 Å². The van der Waals surface area contributed by atoms with Gasteiger partial charge in [-0.15, -0.1) is 23.1 Å². The number of ether oxygens (including phenoxy) is 1. The average molecular weight is 614 g/mol. The number of nitrogens with zero attached hydrogens (tertiary/aromatic N) is 3. The minimum Gasteiger partial charge on any atom is -0.477 e. The lowest BCUT2D eigenvalue weighted by Gasteiger charge is -2.49. The Hall–Kier alpha value is -4.45. The minimum atomic E-state index is -5.16. The van der Waals surface area contributed by atoms with Crippen molar-refractivity contribution in [3.05, 3.63) is 58.2 Å². The van der Waals surface area contributed by atoms with E-state index >= 15 is 0 Å². The maximum Gasteiger partial charge on any atom is 0.471 e. The number of halogens is 3. The summed E-state index contributed by atoms with van der Waals surface area (Å²) in [5.41, 5.74) is -0.692. The van der Waals surface area contributed by atoms with Crippen LogP contribution < -0.4 is 10.6 Å². The number of esters is 1. The molecular weight excluding hydrogens is 595 g/mol. The van der Waals surface area contributed by atoms with Crippen LogP contribution in [-0.4, -0.2) is 87.4 Å². The van der Waals surface area contributed by atoms with E-state index in [1.54, 1.807) is 23.5 Å². The highest BCUT2D eigenvalue weighted by atomic mass is 32.2. The smallest absolute Gasteiger partial charge is 0.471 e. The van der Waals surface area contributed by atoms with Gasteiger partial charge in [-0.05, 0) is 12.1 Å². The molecule has 1 unspecified atom stereocenters. The molecule has 0 radical (unpaired) electrons. The number of benzene rings is 1. The van der Waals surface area contributed by atoms with Gasteiger partial charge >= 0.3 is 24.0 Å². The van der Waals surface area contributed by atoms with Crippen molar-refractivity contribution in [2.24, 2.45) is 5.16 Å². The van der Waals surface area contributed by atoms with Gasteiger partial charge in [0.05, 0.1) is 5.56 Å². The molecule has 216 valence electrons. The zero-order chi connectivity index (χ0) is 29.9. The number of carbonyl (C=O) groups excluding carboxylic acids is 4. The Morgan fingerprint density at radius 2 is 1.93 bits per heavy atom. The Balaban J connectivity index is 1.45. The fraction of sp³-hybridized carbons (Fsp3) is 0.261. The minimum absolute atomic E-state index is 0.0673. The highest BCUT2D eigenvalue weighted by Crippen LogP contribution is 2.40. The number of anilines is 1. The molecule has 41 heavy (non-hydrogen) atoms. The highest BCUT2D eigenvalue weighted by molar-refractivity contribution is 8.00. The van der Waals surface area contributed by atoms with E-state index in [1.165, 1.54) is 12.1 Å². The first-order chi connectivity index (χ1) is 19.4. The first kappa shape index (κ1) is 29.5. The number of carboxylic acid groups (broad SMARTS) is 1. The van der Waals surface area contributed by atoms with Gasteiger partial charge < -0.3 is 20.0 Å². The molecule has 2 aliphatic heterocycles. The number of oxime groups is 1. The summed E-state index contributed by atoms with van der Waals surface area (Å²) < 4.78 is 42.8. The number of carbonyl (C=O) groups is 5. The highest BCUT2D eigenvalue weighted by Gasteiger charge is 2.54. The number of amides is 3. The number of nitrogens with one attached hydrogen (secondary N) is 2. The summed E-state index contributed by atoms with van der Waals surface area (Å²) in [5.74, 6) is -6.07. The van der Waals surface area contributed by atoms with Gasteiger partial charge in [-0.2, -0.15) is 13.2 Å². The van der Waals surface area contributed by atoms with Crippen LogP contribution in [-0.2, 0) is 28.8 Å². The van der Waals surface area contributed by atoms with E-state index in [9.17, 15) is 42.3 Å². The van der Waals surface area contributed by atoms with Crippen molar-refractivity contribution in [1.82, 2.24) is 15.2 Å². The normalized spacial score (nSPS) is 18.7.